The Kier molecular flexibility index (Phi) is 3.79. The summed E-state index contributed by atoms with van der Waals surface area (Å²) in [5.74, 6) is 0.459. The molecule has 0 fully saturated rings. The van der Waals surface area contributed by atoms with Crippen LogP contribution in [0.3, 0.4) is 0 Å². The van der Waals surface area contributed by atoms with Gasteiger partial charge >= 0.3 is 6.01 Å². The summed E-state index contributed by atoms with van der Waals surface area (Å²) in [6, 6.07) is 10.7. The number of benzene rings is 1. The van der Waals surface area contributed by atoms with Crippen LogP contribution in [-0.2, 0) is 16.8 Å². The molecule has 6 heteroatoms. The van der Waals surface area contributed by atoms with Crippen LogP contribution < -0.4 is 4.74 Å². The van der Waals surface area contributed by atoms with Gasteiger partial charge in [0.15, 0.2) is 0 Å². The summed E-state index contributed by atoms with van der Waals surface area (Å²) in [5.41, 5.74) is 0.402. The van der Waals surface area contributed by atoms with Crippen molar-refractivity contribution in [2.45, 2.75) is 5.75 Å². The second-order valence-electron chi connectivity index (χ2n) is 3.19. The van der Waals surface area contributed by atoms with Crippen LogP contribution >= 0.6 is 0 Å². The van der Waals surface area contributed by atoms with Gasteiger partial charge in [-0.2, -0.15) is 4.98 Å². The summed E-state index contributed by atoms with van der Waals surface area (Å²) in [6.07, 6.45) is 1.47. The fourth-order valence-corrected chi connectivity index (χ4v) is 1.62. The highest BCUT2D eigenvalue weighted by molar-refractivity contribution is 7.78. The Bertz CT molecular complexity index is 519. The fourth-order valence-electron chi connectivity index (χ4n) is 1.22. The molecule has 2 rings (SSSR count). The summed E-state index contributed by atoms with van der Waals surface area (Å²) >= 11 is -2.17. The number of hydrogen-bond donors (Lipinski definition) is 0. The van der Waals surface area contributed by atoms with Crippen molar-refractivity contribution < 1.29 is 13.5 Å². The first-order valence-electron chi connectivity index (χ1n) is 4.85. The summed E-state index contributed by atoms with van der Waals surface area (Å²) in [5, 5.41) is 0. The molecule has 1 unspecified atom stereocenters. The third-order valence-corrected chi connectivity index (χ3v) is 2.44. The third kappa shape index (κ3) is 3.61. The number of nitrogens with zero attached hydrogens (tertiary/aromatic N) is 2. The predicted octanol–water partition coefficient (Wildman–Crippen LogP) is 1.65. The molecule has 0 radical (unpaired) electrons. The van der Waals surface area contributed by atoms with E-state index in [-0.39, 0.29) is 11.8 Å². The van der Waals surface area contributed by atoms with Gasteiger partial charge < -0.3 is 9.29 Å². The van der Waals surface area contributed by atoms with E-state index in [2.05, 4.69) is 9.97 Å². The monoisotopic (exact) mass is 249 g/mol. The molecule has 1 aromatic heterocycles. The van der Waals surface area contributed by atoms with E-state index in [9.17, 15) is 8.76 Å². The summed E-state index contributed by atoms with van der Waals surface area (Å²) < 4.78 is 26.5. The summed E-state index contributed by atoms with van der Waals surface area (Å²) in [4.78, 5) is 7.89. The topological polar surface area (TPSA) is 75.1 Å². The molecule has 1 aromatic carbocycles. The number of hydrogen-bond acceptors (Lipinski definition) is 5. The molecular formula is C11H9N2O3S-. The lowest BCUT2D eigenvalue weighted by Gasteiger charge is -2.06. The molecule has 0 saturated carbocycles. The van der Waals surface area contributed by atoms with E-state index in [0.29, 0.717) is 11.4 Å². The van der Waals surface area contributed by atoms with Gasteiger partial charge in [-0.25, -0.2) is 4.98 Å². The van der Waals surface area contributed by atoms with Crippen molar-refractivity contribution in [2.24, 2.45) is 0 Å². The fraction of sp³-hybridized carbons (Fsp3) is 0.0909. The zero-order valence-corrected chi connectivity index (χ0v) is 9.59. The van der Waals surface area contributed by atoms with Gasteiger partial charge in [0.2, 0.25) is 0 Å². The van der Waals surface area contributed by atoms with Crippen LogP contribution in [0.15, 0.2) is 42.6 Å². The molecular weight excluding hydrogens is 240 g/mol. The highest BCUT2D eigenvalue weighted by Gasteiger charge is 2.01. The molecule has 1 heterocycles. The maximum absolute atomic E-state index is 10.5. The molecule has 17 heavy (non-hydrogen) atoms. The van der Waals surface area contributed by atoms with E-state index < -0.39 is 11.1 Å². The van der Waals surface area contributed by atoms with E-state index in [1.165, 1.54) is 12.3 Å². The average molecular weight is 249 g/mol. The van der Waals surface area contributed by atoms with E-state index in [4.69, 9.17) is 4.74 Å². The lowest BCUT2D eigenvalue weighted by molar-refractivity contribution is 0.440. The molecule has 0 bridgehead atoms. The van der Waals surface area contributed by atoms with Gasteiger partial charge in [0, 0.05) is 6.20 Å². The number of aromatic nitrogens is 2. The summed E-state index contributed by atoms with van der Waals surface area (Å²) in [7, 11) is 0. The molecule has 0 N–H and O–H groups in total. The first-order chi connectivity index (χ1) is 8.24. The van der Waals surface area contributed by atoms with Gasteiger partial charge in [-0.05, 0) is 29.3 Å². The molecule has 0 spiro atoms. The molecule has 5 nitrogen and oxygen atoms in total. The second-order valence-corrected chi connectivity index (χ2v) is 4.09. The molecule has 0 aliphatic rings. The van der Waals surface area contributed by atoms with Crippen molar-refractivity contribution in [1.82, 2.24) is 9.97 Å². The highest BCUT2D eigenvalue weighted by Crippen LogP contribution is 2.16. The lowest BCUT2D eigenvalue weighted by Crippen LogP contribution is -1.99. The number of rotatable bonds is 4. The normalized spacial score (nSPS) is 12.1. The Morgan fingerprint density at radius 1 is 1.24 bits per heavy atom. The van der Waals surface area contributed by atoms with Gasteiger partial charge in [-0.3, -0.25) is 4.21 Å². The Morgan fingerprint density at radius 2 is 2.00 bits per heavy atom. The molecule has 0 saturated heterocycles. The Morgan fingerprint density at radius 3 is 2.71 bits per heavy atom. The Balaban J connectivity index is 2.14. The predicted molar refractivity (Wildman–Crippen MR) is 61.2 cm³/mol. The molecule has 1 atom stereocenters. The first-order valence-corrected chi connectivity index (χ1v) is 6.09. The maximum atomic E-state index is 10.5. The van der Waals surface area contributed by atoms with Crippen LogP contribution in [-0.4, -0.2) is 18.7 Å². The standard InChI is InChI=1S/C11H10N2O3S/c14-17(15)8-9-6-7-12-11(13-9)16-10-4-2-1-3-5-10/h1-7H,8H2,(H,14,15)/p-1. The molecule has 0 aliphatic heterocycles. The number of para-hydroxylation sites is 1. The first kappa shape index (κ1) is 11.7. The van der Waals surface area contributed by atoms with E-state index >= 15 is 0 Å². The Labute approximate surface area is 101 Å². The van der Waals surface area contributed by atoms with Crippen LogP contribution in [0, 0.1) is 0 Å². The minimum Gasteiger partial charge on any atom is -0.772 e. The zero-order chi connectivity index (χ0) is 12.1. The van der Waals surface area contributed by atoms with E-state index in [1.807, 2.05) is 18.2 Å². The van der Waals surface area contributed by atoms with Crippen LogP contribution in [0.1, 0.15) is 5.69 Å². The second kappa shape index (κ2) is 5.51. The zero-order valence-electron chi connectivity index (χ0n) is 8.78. The molecule has 88 valence electrons. The van der Waals surface area contributed by atoms with Gasteiger partial charge in [0.05, 0.1) is 11.4 Å². The van der Waals surface area contributed by atoms with Crippen molar-refractivity contribution in [2.75, 3.05) is 0 Å². The largest absolute Gasteiger partial charge is 0.772 e. The molecule has 0 aliphatic carbocycles. The lowest BCUT2D eigenvalue weighted by atomic mass is 10.3. The van der Waals surface area contributed by atoms with Gasteiger partial charge in [-0.1, -0.05) is 18.2 Å². The van der Waals surface area contributed by atoms with Gasteiger partial charge in [0.25, 0.3) is 0 Å². The average Bonchev–Trinajstić information content (AvgIpc) is 2.30. The van der Waals surface area contributed by atoms with Crippen LogP contribution in [0.2, 0.25) is 0 Å². The van der Waals surface area contributed by atoms with Crippen molar-refractivity contribution in [3.63, 3.8) is 0 Å². The number of ether oxygens (including phenoxy) is 1. The van der Waals surface area contributed by atoms with Crippen molar-refractivity contribution in [3.8, 4) is 11.8 Å². The Hall–Kier alpha value is -1.79. The minimum atomic E-state index is -2.17. The van der Waals surface area contributed by atoms with E-state index in [0.717, 1.165) is 0 Å². The van der Waals surface area contributed by atoms with Crippen LogP contribution in [0.4, 0.5) is 0 Å². The highest BCUT2D eigenvalue weighted by atomic mass is 32.2. The van der Waals surface area contributed by atoms with Crippen molar-refractivity contribution in [3.05, 3.63) is 48.3 Å². The van der Waals surface area contributed by atoms with E-state index in [1.54, 1.807) is 12.1 Å². The third-order valence-electron chi connectivity index (χ3n) is 1.91. The van der Waals surface area contributed by atoms with Gasteiger partial charge in [-0.15, -0.1) is 0 Å². The van der Waals surface area contributed by atoms with Crippen molar-refractivity contribution >= 4 is 11.1 Å². The SMILES string of the molecule is O=S([O-])Cc1ccnc(Oc2ccccc2)n1. The van der Waals surface area contributed by atoms with Crippen LogP contribution in [0.5, 0.6) is 11.8 Å². The molecule has 2 aromatic rings. The van der Waals surface area contributed by atoms with Crippen molar-refractivity contribution in [1.29, 1.82) is 0 Å². The minimum absolute atomic E-state index is 0.138. The van der Waals surface area contributed by atoms with Crippen LogP contribution in [0.25, 0.3) is 0 Å². The molecule has 0 amide bonds. The summed E-state index contributed by atoms with van der Waals surface area (Å²) in [6.45, 7) is 0. The smallest absolute Gasteiger partial charge is 0.322 e. The maximum Gasteiger partial charge on any atom is 0.322 e. The van der Waals surface area contributed by atoms with Gasteiger partial charge in [0.1, 0.15) is 5.75 Å². The quantitative estimate of drug-likeness (QED) is 0.770.